The van der Waals surface area contributed by atoms with Gasteiger partial charge in [-0.15, -0.1) is 0 Å². The highest BCUT2D eigenvalue weighted by Crippen LogP contribution is 2.43. The van der Waals surface area contributed by atoms with E-state index in [4.69, 9.17) is 19.9 Å². The van der Waals surface area contributed by atoms with E-state index in [1.807, 2.05) is 0 Å². The highest BCUT2D eigenvalue weighted by molar-refractivity contribution is 5.74. The van der Waals surface area contributed by atoms with Crippen LogP contribution in [0.2, 0.25) is 0 Å². The van der Waals surface area contributed by atoms with Crippen LogP contribution in [0.25, 0.3) is 11.2 Å². The molecule has 0 aromatic carbocycles. The lowest BCUT2D eigenvalue weighted by atomic mass is 10.1. The van der Waals surface area contributed by atoms with Crippen molar-refractivity contribution in [2.45, 2.75) is 44.2 Å². The van der Waals surface area contributed by atoms with Gasteiger partial charge < -0.3 is 25.1 Å². The van der Waals surface area contributed by atoms with Gasteiger partial charge in [-0.05, 0) is 13.8 Å². The minimum Gasteiger partial charge on any atom is -0.479 e. The Hall–Kier alpha value is -2.50. The average molecular weight is 337 g/mol. The van der Waals surface area contributed by atoms with E-state index in [0.717, 1.165) is 0 Å². The lowest BCUT2D eigenvalue weighted by Crippen LogP contribution is -2.35. The molecule has 4 N–H and O–H groups in total. The number of nitrogen functional groups attached to an aromatic ring is 1. The molecule has 2 aromatic rings. The molecule has 0 unspecified atom stereocenters. The van der Waals surface area contributed by atoms with Crippen LogP contribution in [0.4, 0.5) is 5.95 Å². The molecule has 2 aromatic heterocycles. The molecule has 2 aliphatic heterocycles. The summed E-state index contributed by atoms with van der Waals surface area (Å²) in [5.41, 5.74) is 5.33. The first-order valence-corrected chi connectivity index (χ1v) is 7.23. The Morgan fingerprint density at radius 1 is 1.42 bits per heavy atom. The van der Waals surface area contributed by atoms with Crippen LogP contribution < -0.4 is 11.3 Å². The second-order valence-corrected chi connectivity index (χ2v) is 6.13. The summed E-state index contributed by atoms with van der Waals surface area (Å²) in [4.78, 5) is 33.8. The van der Waals surface area contributed by atoms with E-state index in [1.165, 1.54) is 10.9 Å². The number of aromatic nitrogens is 4. The predicted octanol–water partition coefficient (Wildman–Crippen LogP) is -0.796. The van der Waals surface area contributed by atoms with Gasteiger partial charge in [0.2, 0.25) is 5.95 Å². The summed E-state index contributed by atoms with van der Waals surface area (Å²) in [6.07, 6.45) is -2.22. The number of carboxylic acid groups (broad SMARTS) is 1. The molecular weight excluding hydrogens is 322 g/mol. The molecule has 4 rings (SSSR count). The van der Waals surface area contributed by atoms with Crippen LogP contribution in [0.5, 0.6) is 0 Å². The van der Waals surface area contributed by atoms with Crippen molar-refractivity contribution >= 4 is 23.1 Å². The number of nitrogens with zero attached hydrogens (tertiary/aromatic N) is 3. The number of rotatable bonds is 2. The van der Waals surface area contributed by atoms with Crippen molar-refractivity contribution in [1.82, 2.24) is 19.5 Å². The van der Waals surface area contributed by atoms with Crippen molar-refractivity contribution in [3.63, 3.8) is 0 Å². The van der Waals surface area contributed by atoms with Crippen LogP contribution >= 0.6 is 0 Å². The van der Waals surface area contributed by atoms with Gasteiger partial charge in [0, 0.05) is 0 Å². The molecule has 2 fully saturated rings. The van der Waals surface area contributed by atoms with Gasteiger partial charge in [-0.25, -0.2) is 9.78 Å². The number of carboxylic acids is 1. The monoisotopic (exact) mass is 337 g/mol. The Labute approximate surface area is 134 Å². The minimum atomic E-state index is -1.21. The maximum absolute atomic E-state index is 11.9. The molecule has 0 spiro atoms. The molecule has 0 radical (unpaired) electrons. The average Bonchev–Trinajstić information content (AvgIpc) is 3.09. The van der Waals surface area contributed by atoms with E-state index in [2.05, 4.69) is 15.0 Å². The smallest absolute Gasteiger partial charge is 0.335 e. The first-order chi connectivity index (χ1) is 11.3. The number of hydrogen-bond acceptors (Lipinski definition) is 8. The van der Waals surface area contributed by atoms with Gasteiger partial charge in [0.15, 0.2) is 29.3 Å². The summed E-state index contributed by atoms with van der Waals surface area (Å²) in [5.74, 6) is -2.20. The summed E-state index contributed by atoms with van der Waals surface area (Å²) in [7, 11) is 0. The van der Waals surface area contributed by atoms with E-state index in [1.54, 1.807) is 13.8 Å². The van der Waals surface area contributed by atoms with Crippen molar-refractivity contribution in [2.24, 2.45) is 0 Å². The van der Waals surface area contributed by atoms with E-state index in [-0.39, 0.29) is 17.1 Å². The van der Waals surface area contributed by atoms with E-state index in [9.17, 15) is 14.7 Å². The highest BCUT2D eigenvalue weighted by Gasteiger charge is 2.58. The topological polar surface area (TPSA) is 155 Å². The summed E-state index contributed by atoms with van der Waals surface area (Å²) >= 11 is 0. The van der Waals surface area contributed by atoms with Gasteiger partial charge in [-0.2, -0.15) is 4.98 Å². The van der Waals surface area contributed by atoms with Crippen molar-refractivity contribution < 1.29 is 24.1 Å². The lowest BCUT2D eigenvalue weighted by molar-refractivity contribution is -0.202. The first kappa shape index (κ1) is 15.1. The van der Waals surface area contributed by atoms with Crippen LogP contribution in [0.1, 0.15) is 20.1 Å². The van der Waals surface area contributed by atoms with Gasteiger partial charge in [-0.3, -0.25) is 14.3 Å². The number of nitrogens with one attached hydrogen (secondary N) is 1. The number of carbonyl (C=O) groups is 1. The summed E-state index contributed by atoms with van der Waals surface area (Å²) < 4.78 is 18.5. The molecule has 128 valence electrons. The number of aromatic amines is 1. The highest BCUT2D eigenvalue weighted by atomic mass is 16.8. The van der Waals surface area contributed by atoms with Crippen LogP contribution in [0.3, 0.4) is 0 Å². The van der Waals surface area contributed by atoms with E-state index in [0.29, 0.717) is 0 Å². The first-order valence-electron chi connectivity index (χ1n) is 7.23. The Morgan fingerprint density at radius 3 is 2.83 bits per heavy atom. The third-order valence-electron chi connectivity index (χ3n) is 4.00. The van der Waals surface area contributed by atoms with Crippen molar-refractivity contribution in [1.29, 1.82) is 0 Å². The Morgan fingerprint density at radius 2 is 2.12 bits per heavy atom. The number of imidazole rings is 1. The third-order valence-corrected chi connectivity index (χ3v) is 4.00. The molecule has 0 saturated carbocycles. The fraction of sp³-hybridized carbons (Fsp3) is 0.538. The predicted molar refractivity (Wildman–Crippen MR) is 77.9 cm³/mol. The Bertz CT molecular complexity index is 889. The third kappa shape index (κ3) is 2.09. The van der Waals surface area contributed by atoms with Crippen molar-refractivity contribution in [3.05, 3.63) is 16.7 Å². The Balaban J connectivity index is 1.82. The van der Waals surface area contributed by atoms with Crippen molar-refractivity contribution in [2.75, 3.05) is 5.73 Å². The standard InChI is InChI=1S/C13H15N5O6/c1-13(2)23-5-6(24-13)10(22-7(5)11(20)21)18-3-15-4-8(18)16-12(14)17-9(4)19/h3,5-7,10H,1-2H3,(H,20,21)(H3,14,16,17,19)/t5-,6+,7-,10+/m0/s1. The maximum atomic E-state index is 11.9. The number of anilines is 1. The molecule has 24 heavy (non-hydrogen) atoms. The van der Waals surface area contributed by atoms with E-state index < -0.39 is 41.9 Å². The van der Waals surface area contributed by atoms with Crippen LogP contribution in [0, 0.1) is 0 Å². The number of ether oxygens (including phenoxy) is 3. The van der Waals surface area contributed by atoms with Gasteiger partial charge in [-0.1, -0.05) is 0 Å². The minimum absolute atomic E-state index is 0.0706. The largest absolute Gasteiger partial charge is 0.479 e. The van der Waals surface area contributed by atoms with Crippen LogP contribution in [-0.4, -0.2) is 54.7 Å². The number of nitrogens with two attached hydrogens (primary N) is 1. The fourth-order valence-electron chi connectivity index (χ4n) is 3.13. The lowest BCUT2D eigenvalue weighted by Gasteiger charge is -2.23. The Kier molecular flexibility index (Phi) is 2.98. The van der Waals surface area contributed by atoms with Crippen LogP contribution in [0.15, 0.2) is 11.1 Å². The van der Waals surface area contributed by atoms with Crippen molar-refractivity contribution in [3.8, 4) is 0 Å². The zero-order valence-electron chi connectivity index (χ0n) is 12.8. The number of hydrogen-bond donors (Lipinski definition) is 3. The van der Waals surface area contributed by atoms with Gasteiger partial charge >= 0.3 is 5.97 Å². The summed E-state index contributed by atoms with van der Waals surface area (Å²) in [6.45, 7) is 3.38. The SMILES string of the molecule is CC1(C)O[C@@H]2[C@H](O1)[C@@H](C(=O)O)O[C@H]2n1cnc2c(=O)[nH]c(N)nc21. The fourth-order valence-corrected chi connectivity index (χ4v) is 3.13. The quantitative estimate of drug-likeness (QED) is 0.639. The molecule has 2 aliphatic rings. The second-order valence-electron chi connectivity index (χ2n) is 6.13. The molecule has 0 aliphatic carbocycles. The second kappa shape index (κ2) is 4.75. The summed E-state index contributed by atoms with van der Waals surface area (Å²) in [5, 5.41) is 9.37. The number of aliphatic carboxylic acids is 1. The maximum Gasteiger partial charge on any atom is 0.335 e. The number of fused-ring (bicyclic) bond motifs is 2. The molecule has 0 bridgehead atoms. The molecule has 2 saturated heterocycles. The molecular formula is C13H15N5O6. The molecule has 0 amide bonds. The van der Waals surface area contributed by atoms with E-state index >= 15 is 0 Å². The summed E-state index contributed by atoms with van der Waals surface area (Å²) in [6, 6.07) is 0. The normalized spacial score (nSPS) is 31.4. The molecule has 11 heteroatoms. The molecule has 4 atom stereocenters. The molecule has 11 nitrogen and oxygen atoms in total. The number of H-pyrrole nitrogens is 1. The van der Waals surface area contributed by atoms with Gasteiger partial charge in [0.25, 0.3) is 5.56 Å². The molecule has 4 heterocycles. The van der Waals surface area contributed by atoms with Gasteiger partial charge in [0.1, 0.15) is 12.2 Å². The zero-order valence-corrected chi connectivity index (χ0v) is 12.8. The zero-order chi connectivity index (χ0) is 17.2. The van der Waals surface area contributed by atoms with Gasteiger partial charge in [0.05, 0.1) is 6.33 Å². The van der Waals surface area contributed by atoms with Crippen LogP contribution in [-0.2, 0) is 19.0 Å².